The van der Waals surface area contributed by atoms with Crippen molar-refractivity contribution in [1.29, 1.82) is 0 Å². The van der Waals surface area contributed by atoms with Gasteiger partial charge in [0.1, 0.15) is 0 Å². The van der Waals surface area contributed by atoms with Gasteiger partial charge < -0.3 is 0 Å². The molecule has 0 atom stereocenters. The van der Waals surface area contributed by atoms with Crippen molar-refractivity contribution in [3.05, 3.63) is 0 Å². The standard InChI is InChI=1S/2C2H4O2.2C2H5.Pb/c2*1-2(3)4;2*1-2;/h2*1H3,(H,3,4);2*1H2,2H3;/q;;;;+2/p-2. The Morgan fingerprint density at radius 3 is 1.46 bits per heavy atom. The maximum absolute atomic E-state index is 10.8. The number of carbonyl (C=O) groups excluding carboxylic acids is 2. The van der Waals surface area contributed by atoms with E-state index in [9.17, 15) is 9.59 Å². The van der Waals surface area contributed by atoms with E-state index in [1.54, 1.807) is 0 Å². The molecule has 0 unspecified atom stereocenters. The predicted molar refractivity (Wildman–Crippen MR) is 50.2 cm³/mol. The second-order valence-electron chi connectivity index (χ2n) is 2.81. The van der Waals surface area contributed by atoms with Crippen LogP contribution in [0.1, 0.15) is 27.7 Å². The van der Waals surface area contributed by atoms with Crippen molar-refractivity contribution in [2.45, 2.75) is 35.7 Å². The Balaban J connectivity index is 4.48. The van der Waals surface area contributed by atoms with Crippen LogP contribution >= 0.6 is 0 Å². The summed E-state index contributed by atoms with van der Waals surface area (Å²) in [5, 5.41) is 0. The number of rotatable bonds is 4. The van der Waals surface area contributed by atoms with Gasteiger partial charge in [0.15, 0.2) is 0 Å². The molecule has 0 rings (SSSR count). The average Bonchev–Trinajstić information content (AvgIpc) is 2.01. The van der Waals surface area contributed by atoms with Gasteiger partial charge in [-0.1, -0.05) is 0 Å². The molecule has 0 aliphatic carbocycles. The van der Waals surface area contributed by atoms with Gasteiger partial charge in [0.2, 0.25) is 0 Å². The second-order valence-corrected chi connectivity index (χ2v) is 17.0. The Bertz CT molecular complexity index is 180. The number of hydrogen-bond acceptors (Lipinski definition) is 4. The molecule has 0 amide bonds. The molecule has 0 spiro atoms. The SMILES string of the molecule is C[CH2][Pb]([CH2]C)([O]C(C)=O)[O]C(C)=O. The molecule has 0 fully saturated rings. The molecule has 0 bridgehead atoms. The Labute approximate surface area is 84.6 Å². The average molecular weight is 383 g/mol. The van der Waals surface area contributed by atoms with E-state index in [-0.39, 0.29) is 11.9 Å². The van der Waals surface area contributed by atoms with Gasteiger partial charge in [-0.15, -0.1) is 0 Å². The summed E-state index contributed by atoms with van der Waals surface area (Å²) in [5.74, 6) is -0.682. The predicted octanol–water partition coefficient (Wildman–Crippen LogP) is 1.59. The summed E-state index contributed by atoms with van der Waals surface area (Å²) in [6.07, 6.45) is 0. The molecule has 0 saturated heterocycles. The van der Waals surface area contributed by atoms with Gasteiger partial charge in [0.05, 0.1) is 0 Å². The minimum atomic E-state index is -3.47. The normalized spacial score (nSPS) is 10.8. The van der Waals surface area contributed by atoms with Gasteiger partial charge in [-0.25, -0.2) is 0 Å². The molecule has 0 heterocycles. The van der Waals surface area contributed by atoms with Crippen molar-refractivity contribution >= 4 is 34.0 Å². The van der Waals surface area contributed by atoms with Crippen molar-refractivity contribution in [2.24, 2.45) is 0 Å². The van der Waals surface area contributed by atoms with E-state index in [4.69, 9.17) is 5.37 Å². The Kier molecular flexibility index (Phi) is 5.50. The van der Waals surface area contributed by atoms with Crippen LogP contribution in [0.25, 0.3) is 0 Å². The minimum absolute atomic E-state index is 0.341. The van der Waals surface area contributed by atoms with Crippen molar-refractivity contribution in [1.82, 2.24) is 0 Å². The summed E-state index contributed by atoms with van der Waals surface area (Å²) in [6.45, 7) is 6.50. The van der Waals surface area contributed by atoms with Crippen molar-refractivity contribution in [3.8, 4) is 0 Å². The molecule has 0 aromatic rings. The fraction of sp³-hybridized carbons (Fsp3) is 0.750. The van der Waals surface area contributed by atoms with E-state index in [1.807, 2.05) is 13.8 Å². The van der Waals surface area contributed by atoms with Crippen molar-refractivity contribution < 1.29 is 15.0 Å². The fourth-order valence-electron chi connectivity index (χ4n) is 1.08. The summed E-state index contributed by atoms with van der Waals surface area (Å²) in [4.78, 5) is 21.6. The fourth-order valence-corrected chi connectivity index (χ4v) is 9.51. The molecule has 13 heavy (non-hydrogen) atoms. The third-order valence-corrected chi connectivity index (χ3v) is 15.2. The van der Waals surface area contributed by atoms with Crippen LogP contribution in [0.15, 0.2) is 0 Å². The summed E-state index contributed by atoms with van der Waals surface area (Å²) in [5.41, 5.74) is 0. The van der Waals surface area contributed by atoms with Crippen LogP contribution in [0, 0.1) is 0 Å². The molecule has 0 aliphatic heterocycles. The van der Waals surface area contributed by atoms with E-state index in [2.05, 4.69) is 0 Å². The van der Waals surface area contributed by atoms with Gasteiger partial charge in [-0.05, 0) is 0 Å². The van der Waals surface area contributed by atoms with E-state index >= 15 is 0 Å². The second kappa shape index (κ2) is 5.56. The molecule has 76 valence electrons. The van der Waals surface area contributed by atoms with E-state index < -0.39 is 22.1 Å². The van der Waals surface area contributed by atoms with Gasteiger partial charge >= 0.3 is 84.6 Å². The van der Waals surface area contributed by atoms with Crippen LogP contribution in [-0.4, -0.2) is 34.0 Å². The van der Waals surface area contributed by atoms with Crippen LogP contribution in [0.4, 0.5) is 0 Å². The van der Waals surface area contributed by atoms with Gasteiger partial charge in [0.25, 0.3) is 0 Å². The molecule has 0 aliphatic rings. The maximum atomic E-state index is 10.8. The Hall–Kier alpha value is -0.138. The molecular weight excluding hydrogens is 367 g/mol. The zero-order chi connectivity index (χ0) is 10.5. The van der Waals surface area contributed by atoms with Crippen LogP contribution < -0.4 is 0 Å². The summed E-state index contributed by atoms with van der Waals surface area (Å²) in [7, 11) is 0. The van der Waals surface area contributed by atoms with E-state index in [0.29, 0.717) is 7.96 Å². The van der Waals surface area contributed by atoms with E-state index in [0.717, 1.165) is 0 Å². The monoisotopic (exact) mass is 384 g/mol. The summed E-state index contributed by atoms with van der Waals surface area (Å²) in [6, 6.07) is 0. The topological polar surface area (TPSA) is 52.6 Å². The van der Waals surface area contributed by atoms with Crippen molar-refractivity contribution in [3.63, 3.8) is 0 Å². The molecule has 5 heteroatoms. The number of hydrogen-bond donors (Lipinski definition) is 0. The molecule has 0 saturated carbocycles. The third-order valence-electron chi connectivity index (χ3n) is 1.74. The van der Waals surface area contributed by atoms with Gasteiger partial charge in [0, 0.05) is 0 Å². The Morgan fingerprint density at radius 2 is 1.31 bits per heavy atom. The first kappa shape index (κ1) is 12.9. The van der Waals surface area contributed by atoms with Crippen LogP contribution in [-0.2, 0) is 15.0 Å². The molecule has 0 aromatic carbocycles. The molecular formula is C8H16O4Pb. The van der Waals surface area contributed by atoms with Crippen LogP contribution in [0.5, 0.6) is 0 Å². The summed E-state index contributed by atoms with van der Waals surface area (Å²) >= 11 is -3.47. The zero-order valence-corrected chi connectivity index (χ0v) is 12.4. The van der Waals surface area contributed by atoms with Gasteiger partial charge in [-0.2, -0.15) is 0 Å². The molecule has 0 aromatic heterocycles. The zero-order valence-electron chi connectivity index (χ0n) is 8.55. The molecule has 0 N–H and O–H groups in total. The third kappa shape index (κ3) is 4.59. The first-order valence-corrected chi connectivity index (χ1v) is 13.0. The quantitative estimate of drug-likeness (QED) is 0.692. The number of carbonyl (C=O) groups is 2. The summed E-state index contributed by atoms with van der Waals surface area (Å²) < 4.78 is 11.7. The van der Waals surface area contributed by atoms with Crippen molar-refractivity contribution in [2.75, 3.05) is 0 Å². The van der Waals surface area contributed by atoms with Gasteiger partial charge in [-0.3, -0.25) is 0 Å². The molecule has 0 radical (unpaired) electrons. The van der Waals surface area contributed by atoms with Crippen LogP contribution in [0.2, 0.25) is 7.96 Å². The first-order valence-electron chi connectivity index (χ1n) is 4.35. The van der Waals surface area contributed by atoms with E-state index in [1.165, 1.54) is 13.8 Å². The Morgan fingerprint density at radius 1 is 1.00 bits per heavy atom. The molecule has 4 nitrogen and oxygen atoms in total. The van der Waals surface area contributed by atoms with Crippen LogP contribution in [0.3, 0.4) is 0 Å². The first-order chi connectivity index (χ1) is 5.95.